The van der Waals surface area contributed by atoms with E-state index in [-0.39, 0.29) is 6.10 Å². The van der Waals surface area contributed by atoms with Crippen LogP contribution in [-0.2, 0) is 0 Å². The fourth-order valence-electron chi connectivity index (χ4n) is 1.72. The number of allylic oxidation sites excluding steroid dienone is 1. The topological polar surface area (TPSA) is 20.2 Å². The second kappa shape index (κ2) is 2.98. The highest BCUT2D eigenvalue weighted by molar-refractivity contribution is 5.15. The molecule has 0 aromatic rings. The van der Waals surface area contributed by atoms with Gasteiger partial charge >= 0.3 is 0 Å². The monoisotopic (exact) mass is 154 g/mol. The number of rotatable bonds is 2. The van der Waals surface area contributed by atoms with Crippen molar-refractivity contribution in [2.24, 2.45) is 5.41 Å². The number of aliphatic hydroxyl groups excluding tert-OH is 1. The van der Waals surface area contributed by atoms with Crippen LogP contribution in [0.15, 0.2) is 11.6 Å². The lowest BCUT2D eigenvalue weighted by Crippen LogP contribution is -2.01. The predicted octanol–water partition coefficient (Wildman–Crippen LogP) is 2.50. The van der Waals surface area contributed by atoms with Crippen molar-refractivity contribution in [1.29, 1.82) is 0 Å². The minimum Gasteiger partial charge on any atom is -0.393 e. The number of hydrogen-bond donors (Lipinski definition) is 1. The van der Waals surface area contributed by atoms with Crippen molar-refractivity contribution >= 4 is 0 Å². The summed E-state index contributed by atoms with van der Waals surface area (Å²) in [6.07, 6.45) is 5.44. The highest BCUT2D eigenvalue weighted by Gasteiger charge is 2.22. The molecule has 0 fully saturated rings. The molecule has 0 aromatic carbocycles. The molecule has 1 heteroatoms. The lowest BCUT2D eigenvalue weighted by molar-refractivity contribution is 0.194. The highest BCUT2D eigenvalue weighted by Crippen LogP contribution is 2.36. The van der Waals surface area contributed by atoms with Crippen LogP contribution in [0.5, 0.6) is 0 Å². The van der Waals surface area contributed by atoms with Gasteiger partial charge in [-0.05, 0) is 31.6 Å². The molecular weight excluding hydrogens is 136 g/mol. The molecule has 0 aliphatic heterocycles. The molecule has 1 N–H and O–H groups in total. The van der Waals surface area contributed by atoms with Crippen molar-refractivity contribution in [1.82, 2.24) is 0 Å². The van der Waals surface area contributed by atoms with Gasteiger partial charge in [-0.3, -0.25) is 0 Å². The first-order chi connectivity index (χ1) is 4.99. The van der Waals surface area contributed by atoms with E-state index in [1.807, 2.05) is 6.92 Å². The zero-order chi connectivity index (χ0) is 8.48. The second-order valence-electron chi connectivity index (χ2n) is 4.34. The third-order valence-electron chi connectivity index (χ3n) is 2.24. The molecule has 11 heavy (non-hydrogen) atoms. The van der Waals surface area contributed by atoms with Crippen LogP contribution in [0.1, 0.15) is 40.0 Å². The van der Waals surface area contributed by atoms with E-state index >= 15 is 0 Å². The lowest BCUT2D eigenvalue weighted by atomic mass is 9.94. The van der Waals surface area contributed by atoms with Gasteiger partial charge in [0.1, 0.15) is 0 Å². The maximum atomic E-state index is 9.14. The summed E-state index contributed by atoms with van der Waals surface area (Å²) in [6.45, 7) is 6.36. The zero-order valence-corrected chi connectivity index (χ0v) is 7.72. The molecule has 1 rings (SSSR count). The quantitative estimate of drug-likeness (QED) is 0.606. The maximum Gasteiger partial charge on any atom is 0.0549 e. The minimum atomic E-state index is -0.171. The third-order valence-corrected chi connectivity index (χ3v) is 2.24. The highest BCUT2D eigenvalue weighted by atomic mass is 16.3. The standard InChI is InChI=1S/C10H18O/c1-8(11)6-9-4-5-10(2,3)7-9/h7-8,11H,4-6H2,1-3H3. The molecular formula is C10H18O. The fraction of sp³-hybridized carbons (Fsp3) is 0.800. The number of aliphatic hydroxyl groups is 1. The molecule has 0 amide bonds. The Hall–Kier alpha value is -0.300. The van der Waals surface area contributed by atoms with Crippen LogP contribution in [0.25, 0.3) is 0 Å². The Labute approximate surface area is 69.1 Å². The Bertz CT molecular complexity index is 166. The van der Waals surface area contributed by atoms with Gasteiger partial charge < -0.3 is 5.11 Å². The van der Waals surface area contributed by atoms with E-state index in [9.17, 15) is 0 Å². The summed E-state index contributed by atoms with van der Waals surface area (Å²) in [4.78, 5) is 0. The van der Waals surface area contributed by atoms with Crippen LogP contribution in [0.3, 0.4) is 0 Å². The van der Waals surface area contributed by atoms with E-state index in [1.165, 1.54) is 18.4 Å². The van der Waals surface area contributed by atoms with Gasteiger partial charge in [-0.25, -0.2) is 0 Å². The van der Waals surface area contributed by atoms with Gasteiger partial charge in [0.05, 0.1) is 6.10 Å². The van der Waals surface area contributed by atoms with E-state index in [2.05, 4.69) is 19.9 Å². The Morgan fingerprint density at radius 2 is 2.27 bits per heavy atom. The van der Waals surface area contributed by atoms with E-state index in [4.69, 9.17) is 5.11 Å². The summed E-state index contributed by atoms with van der Waals surface area (Å²) in [5, 5.41) is 9.14. The van der Waals surface area contributed by atoms with Gasteiger partial charge in [0.15, 0.2) is 0 Å². The summed E-state index contributed by atoms with van der Waals surface area (Å²) in [5.74, 6) is 0. The van der Waals surface area contributed by atoms with Gasteiger partial charge in [0, 0.05) is 0 Å². The minimum absolute atomic E-state index is 0.171. The molecule has 1 nitrogen and oxygen atoms in total. The molecule has 0 bridgehead atoms. The average Bonchev–Trinajstić information content (AvgIpc) is 2.08. The van der Waals surface area contributed by atoms with Crippen molar-refractivity contribution in [3.8, 4) is 0 Å². The Morgan fingerprint density at radius 3 is 2.64 bits per heavy atom. The normalized spacial score (nSPS) is 24.9. The van der Waals surface area contributed by atoms with Gasteiger partial charge in [0.2, 0.25) is 0 Å². The zero-order valence-electron chi connectivity index (χ0n) is 7.72. The van der Waals surface area contributed by atoms with Crippen LogP contribution in [0.4, 0.5) is 0 Å². The van der Waals surface area contributed by atoms with Crippen molar-refractivity contribution in [2.75, 3.05) is 0 Å². The first-order valence-corrected chi connectivity index (χ1v) is 4.38. The first-order valence-electron chi connectivity index (χ1n) is 4.38. The number of hydrogen-bond acceptors (Lipinski definition) is 1. The Kier molecular flexibility index (Phi) is 2.38. The van der Waals surface area contributed by atoms with E-state index < -0.39 is 0 Å². The summed E-state index contributed by atoms with van der Waals surface area (Å²) >= 11 is 0. The summed E-state index contributed by atoms with van der Waals surface area (Å²) in [5.41, 5.74) is 1.81. The van der Waals surface area contributed by atoms with Gasteiger partial charge in [-0.15, -0.1) is 0 Å². The molecule has 64 valence electrons. The van der Waals surface area contributed by atoms with Crippen LogP contribution in [0, 0.1) is 5.41 Å². The second-order valence-corrected chi connectivity index (χ2v) is 4.34. The summed E-state index contributed by atoms with van der Waals surface area (Å²) in [7, 11) is 0. The molecule has 0 saturated heterocycles. The SMILES string of the molecule is CC(O)CC1=CC(C)(C)CC1. The molecule has 0 heterocycles. The fourth-order valence-corrected chi connectivity index (χ4v) is 1.72. The van der Waals surface area contributed by atoms with Crippen molar-refractivity contribution < 1.29 is 5.11 Å². The van der Waals surface area contributed by atoms with Crippen molar-refractivity contribution in [2.45, 2.75) is 46.1 Å². The predicted molar refractivity (Wildman–Crippen MR) is 47.4 cm³/mol. The maximum absolute atomic E-state index is 9.14. The molecule has 1 unspecified atom stereocenters. The summed E-state index contributed by atoms with van der Waals surface area (Å²) < 4.78 is 0. The van der Waals surface area contributed by atoms with Crippen LogP contribution >= 0.6 is 0 Å². The third kappa shape index (κ3) is 2.66. The van der Waals surface area contributed by atoms with Crippen LogP contribution < -0.4 is 0 Å². The molecule has 0 radical (unpaired) electrons. The average molecular weight is 154 g/mol. The molecule has 1 atom stereocenters. The smallest absolute Gasteiger partial charge is 0.0549 e. The molecule has 0 spiro atoms. The largest absolute Gasteiger partial charge is 0.393 e. The summed E-state index contributed by atoms with van der Waals surface area (Å²) in [6, 6.07) is 0. The molecule has 1 aliphatic rings. The molecule has 0 aromatic heterocycles. The van der Waals surface area contributed by atoms with E-state index in [1.54, 1.807) is 0 Å². The lowest BCUT2D eigenvalue weighted by Gasteiger charge is -2.11. The first kappa shape index (κ1) is 8.79. The Balaban J connectivity index is 2.49. The van der Waals surface area contributed by atoms with Gasteiger partial charge in [0.25, 0.3) is 0 Å². The van der Waals surface area contributed by atoms with Crippen LogP contribution in [-0.4, -0.2) is 11.2 Å². The van der Waals surface area contributed by atoms with Gasteiger partial charge in [-0.2, -0.15) is 0 Å². The molecule has 0 saturated carbocycles. The van der Waals surface area contributed by atoms with Crippen LogP contribution in [0.2, 0.25) is 0 Å². The Morgan fingerprint density at radius 1 is 1.64 bits per heavy atom. The van der Waals surface area contributed by atoms with Crippen molar-refractivity contribution in [3.05, 3.63) is 11.6 Å². The van der Waals surface area contributed by atoms with E-state index in [0.29, 0.717) is 5.41 Å². The van der Waals surface area contributed by atoms with E-state index in [0.717, 1.165) is 6.42 Å². The van der Waals surface area contributed by atoms with Gasteiger partial charge in [-0.1, -0.05) is 25.5 Å². The van der Waals surface area contributed by atoms with Crippen molar-refractivity contribution in [3.63, 3.8) is 0 Å². The molecule has 1 aliphatic carbocycles.